The number of likely N-dealkylation sites (tertiary alicyclic amines) is 1. The van der Waals surface area contributed by atoms with Gasteiger partial charge in [0, 0.05) is 12.6 Å². The third-order valence-corrected chi connectivity index (χ3v) is 4.95. The summed E-state index contributed by atoms with van der Waals surface area (Å²) in [6.45, 7) is 14.0. The van der Waals surface area contributed by atoms with Gasteiger partial charge in [0.05, 0.1) is 5.54 Å². The fraction of sp³-hybridized carbons (Fsp3) is 0.938. The Kier molecular flexibility index (Phi) is 6.46. The highest BCUT2D eigenvalue weighted by Gasteiger charge is 2.31. The molecular formula is C16H33N3O. The number of primary amides is 1. The summed E-state index contributed by atoms with van der Waals surface area (Å²) in [4.78, 5) is 14.2. The van der Waals surface area contributed by atoms with Crippen LogP contribution in [-0.4, -0.2) is 42.0 Å². The number of amides is 1. The quantitative estimate of drug-likeness (QED) is 0.751. The Morgan fingerprint density at radius 1 is 1.40 bits per heavy atom. The van der Waals surface area contributed by atoms with Crippen molar-refractivity contribution < 1.29 is 4.79 Å². The van der Waals surface area contributed by atoms with Crippen LogP contribution < -0.4 is 11.1 Å². The Morgan fingerprint density at radius 3 is 2.60 bits per heavy atom. The number of hydrogen-bond acceptors (Lipinski definition) is 3. The molecule has 1 amide bonds. The number of nitrogens with zero attached hydrogens (tertiary/aromatic N) is 1. The molecule has 0 radical (unpaired) electrons. The van der Waals surface area contributed by atoms with E-state index in [0.29, 0.717) is 6.04 Å². The van der Waals surface area contributed by atoms with E-state index in [4.69, 9.17) is 5.73 Å². The lowest BCUT2D eigenvalue weighted by Gasteiger charge is -2.41. The van der Waals surface area contributed by atoms with E-state index >= 15 is 0 Å². The van der Waals surface area contributed by atoms with Gasteiger partial charge >= 0.3 is 0 Å². The second kappa shape index (κ2) is 7.41. The molecule has 0 aromatic rings. The first-order chi connectivity index (χ1) is 9.30. The summed E-state index contributed by atoms with van der Waals surface area (Å²) in [6.07, 6.45) is 3.15. The minimum Gasteiger partial charge on any atom is -0.368 e. The van der Waals surface area contributed by atoms with Crippen LogP contribution in [0.3, 0.4) is 0 Å². The van der Waals surface area contributed by atoms with Crippen molar-refractivity contribution in [2.24, 2.45) is 17.6 Å². The average Bonchev–Trinajstić information content (AvgIpc) is 2.35. The second-order valence-electron chi connectivity index (χ2n) is 6.88. The maximum atomic E-state index is 11.6. The van der Waals surface area contributed by atoms with Crippen LogP contribution in [0.15, 0.2) is 0 Å². The number of carbonyl (C=O) groups excluding carboxylic acids is 1. The summed E-state index contributed by atoms with van der Waals surface area (Å²) in [5.74, 6) is 1.29. The lowest BCUT2D eigenvalue weighted by atomic mass is 9.85. The second-order valence-corrected chi connectivity index (χ2v) is 6.88. The molecule has 1 aliphatic rings. The molecule has 20 heavy (non-hydrogen) atoms. The normalized spacial score (nSPS) is 30.9. The van der Waals surface area contributed by atoms with Gasteiger partial charge in [-0.15, -0.1) is 0 Å². The summed E-state index contributed by atoms with van der Waals surface area (Å²) in [6, 6.07) is 0.644. The van der Waals surface area contributed by atoms with E-state index in [9.17, 15) is 4.79 Å². The average molecular weight is 283 g/mol. The molecule has 4 atom stereocenters. The van der Waals surface area contributed by atoms with E-state index in [2.05, 4.69) is 31.0 Å². The van der Waals surface area contributed by atoms with Crippen LogP contribution in [0, 0.1) is 11.8 Å². The first-order valence-electron chi connectivity index (χ1n) is 8.09. The van der Waals surface area contributed by atoms with Crippen LogP contribution in [-0.2, 0) is 4.79 Å². The summed E-state index contributed by atoms with van der Waals surface area (Å²) in [5, 5.41) is 3.23. The molecule has 3 N–H and O–H groups in total. The summed E-state index contributed by atoms with van der Waals surface area (Å²) in [5.41, 5.74) is 4.97. The van der Waals surface area contributed by atoms with Gasteiger partial charge in [-0.2, -0.15) is 0 Å². The zero-order valence-corrected chi connectivity index (χ0v) is 13.9. The van der Waals surface area contributed by atoms with Gasteiger partial charge < -0.3 is 16.0 Å². The predicted octanol–water partition coefficient (Wildman–Crippen LogP) is 1.99. The van der Waals surface area contributed by atoms with Crippen LogP contribution in [0.5, 0.6) is 0 Å². The van der Waals surface area contributed by atoms with Crippen molar-refractivity contribution in [3.8, 4) is 0 Å². The van der Waals surface area contributed by atoms with Crippen molar-refractivity contribution in [3.05, 3.63) is 0 Å². The lowest BCUT2D eigenvalue weighted by Crippen LogP contribution is -2.53. The molecule has 1 heterocycles. The van der Waals surface area contributed by atoms with Crippen molar-refractivity contribution in [2.75, 3.05) is 19.6 Å². The number of hydrogen-bond donors (Lipinski definition) is 2. The number of rotatable bonds is 7. The Hall–Kier alpha value is -0.610. The highest BCUT2D eigenvalue weighted by atomic mass is 16.1. The van der Waals surface area contributed by atoms with Gasteiger partial charge in [0.2, 0.25) is 5.91 Å². The maximum Gasteiger partial charge on any atom is 0.237 e. The van der Waals surface area contributed by atoms with E-state index in [0.717, 1.165) is 37.8 Å². The number of likely N-dealkylation sites (N-methyl/N-ethyl adjacent to an activating group) is 1. The molecule has 0 aromatic carbocycles. The standard InChI is InChI=1S/C16H33N3O/c1-6-18-16(5,15(17)20)8-7-9-19-11-12(2)10-13(3)14(19)4/h12-14,18H,6-11H2,1-5H3,(H2,17,20). The smallest absolute Gasteiger partial charge is 0.237 e. The molecule has 4 heteroatoms. The molecule has 0 spiro atoms. The zero-order valence-electron chi connectivity index (χ0n) is 13.9. The van der Waals surface area contributed by atoms with Crippen molar-refractivity contribution in [2.45, 2.75) is 65.5 Å². The summed E-state index contributed by atoms with van der Waals surface area (Å²) in [7, 11) is 0. The van der Waals surface area contributed by atoms with E-state index in [1.807, 2.05) is 13.8 Å². The molecule has 4 nitrogen and oxygen atoms in total. The number of carbonyl (C=O) groups is 1. The Bertz CT molecular complexity index is 321. The largest absolute Gasteiger partial charge is 0.368 e. The van der Waals surface area contributed by atoms with Gasteiger partial charge in [0.25, 0.3) is 0 Å². The molecule has 1 aliphatic heterocycles. The first-order valence-corrected chi connectivity index (χ1v) is 8.09. The monoisotopic (exact) mass is 283 g/mol. The van der Waals surface area contributed by atoms with Crippen LogP contribution in [0.25, 0.3) is 0 Å². The molecule has 0 saturated carbocycles. The van der Waals surface area contributed by atoms with Crippen LogP contribution in [0.2, 0.25) is 0 Å². The lowest BCUT2D eigenvalue weighted by molar-refractivity contribution is -0.124. The van der Waals surface area contributed by atoms with Gasteiger partial charge in [0.1, 0.15) is 0 Å². The highest BCUT2D eigenvalue weighted by molar-refractivity contribution is 5.84. The van der Waals surface area contributed by atoms with E-state index < -0.39 is 5.54 Å². The molecule has 0 bridgehead atoms. The highest BCUT2D eigenvalue weighted by Crippen LogP contribution is 2.27. The number of piperidine rings is 1. The topological polar surface area (TPSA) is 58.4 Å². The van der Waals surface area contributed by atoms with Gasteiger partial charge in [-0.05, 0) is 58.0 Å². The Morgan fingerprint density at radius 2 is 2.05 bits per heavy atom. The van der Waals surface area contributed by atoms with Crippen molar-refractivity contribution in [1.82, 2.24) is 10.2 Å². The van der Waals surface area contributed by atoms with Crippen LogP contribution in [0.4, 0.5) is 0 Å². The molecule has 1 rings (SSSR count). The predicted molar refractivity (Wildman–Crippen MR) is 84.5 cm³/mol. The van der Waals surface area contributed by atoms with E-state index in [1.54, 1.807) is 0 Å². The van der Waals surface area contributed by atoms with Gasteiger partial charge in [-0.3, -0.25) is 4.79 Å². The molecule has 4 unspecified atom stereocenters. The fourth-order valence-electron chi connectivity index (χ4n) is 3.45. The van der Waals surface area contributed by atoms with Gasteiger partial charge in [-0.25, -0.2) is 0 Å². The maximum absolute atomic E-state index is 11.6. The number of nitrogens with one attached hydrogen (secondary N) is 1. The van der Waals surface area contributed by atoms with Crippen LogP contribution in [0.1, 0.15) is 53.9 Å². The molecule has 0 aromatic heterocycles. The van der Waals surface area contributed by atoms with Crippen molar-refractivity contribution in [1.29, 1.82) is 0 Å². The molecule has 118 valence electrons. The van der Waals surface area contributed by atoms with Gasteiger partial charge in [0.15, 0.2) is 0 Å². The fourth-order valence-corrected chi connectivity index (χ4v) is 3.45. The third kappa shape index (κ3) is 4.45. The minimum atomic E-state index is -0.564. The Balaban J connectivity index is 2.48. The SMILES string of the molecule is CCNC(C)(CCCN1CC(C)CC(C)C1C)C(N)=O. The molecule has 0 aliphatic carbocycles. The minimum absolute atomic E-state index is 0.243. The van der Waals surface area contributed by atoms with Crippen molar-refractivity contribution in [3.63, 3.8) is 0 Å². The zero-order chi connectivity index (χ0) is 15.3. The molecular weight excluding hydrogens is 250 g/mol. The molecule has 1 saturated heterocycles. The third-order valence-electron chi connectivity index (χ3n) is 4.95. The first kappa shape index (κ1) is 17.4. The van der Waals surface area contributed by atoms with Gasteiger partial charge in [-0.1, -0.05) is 20.8 Å². The number of nitrogens with two attached hydrogens (primary N) is 1. The Labute approximate surface area is 124 Å². The summed E-state index contributed by atoms with van der Waals surface area (Å²) < 4.78 is 0. The van der Waals surface area contributed by atoms with E-state index in [1.165, 1.54) is 13.0 Å². The van der Waals surface area contributed by atoms with Crippen molar-refractivity contribution >= 4 is 5.91 Å². The summed E-state index contributed by atoms with van der Waals surface area (Å²) >= 11 is 0. The van der Waals surface area contributed by atoms with Crippen LogP contribution >= 0.6 is 0 Å². The van der Waals surface area contributed by atoms with E-state index in [-0.39, 0.29) is 5.91 Å². The molecule has 1 fully saturated rings.